The smallest absolute Gasteiger partial charge is 0.308 e. The molecule has 2 aromatic carbocycles. The summed E-state index contributed by atoms with van der Waals surface area (Å²) in [6.45, 7) is 6.09. The lowest BCUT2D eigenvalue weighted by atomic mass is 9.83. The van der Waals surface area contributed by atoms with Crippen LogP contribution in [0.1, 0.15) is 54.9 Å². The Labute approximate surface area is 259 Å². The zero-order valence-electron chi connectivity index (χ0n) is 26.5. The van der Waals surface area contributed by atoms with Gasteiger partial charge in [-0.05, 0) is 49.6 Å². The molecule has 1 saturated heterocycles. The molecule has 10 heteroatoms. The van der Waals surface area contributed by atoms with Gasteiger partial charge < -0.3 is 28.4 Å². The summed E-state index contributed by atoms with van der Waals surface area (Å²) in [7, 11) is 6.44. The van der Waals surface area contributed by atoms with Gasteiger partial charge in [-0.2, -0.15) is 0 Å². The van der Waals surface area contributed by atoms with E-state index in [1.807, 2.05) is 42.2 Å². The maximum atomic E-state index is 14.2. The number of rotatable bonds is 13. The number of carboxylic acid groups (broad SMARTS) is 1. The van der Waals surface area contributed by atoms with Crippen LogP contribution in [0.25, 0.3) is 0 Å². The highest BCUT2D eigenvalue weighted by Crippen LogP contribution is 2.43. The zero-order valence-corrected chi connectivity index (χ0v) is 26.5. The van der Waals surface area contributed by atoms with Gasteiger partial charge in [-0.15, -0.1) is 0 Å². The Morgan fingerprint density at radius 1 is 1.11 bits per heavy atom. The Kier molecular flexibility index (Phi) is 9.60. The van der Waals surface area contributed by atoms with Gasteiger partial charge in [0.05, 0.1) is 39.8 Å². The number of ether oxygens (including phenoxy) is 2. The molecule has 236 valence electrons. The molecule has 1 aromatic heterocycles. The Morgan fingerprint density at radius 3 is 2.61 bits per heavy atom. The van der Waals surface area contributed by atoms with Crippen molar-refractivity contribution in [2.45, 2.75) is 58.0 Å². The van der Waals surface area contributed by atoms with Crippen molar-refractivity contribution in [2.75, 3.05) is 52.5 Å². The molecule has 3 atom stereocenters. The van der Waals surface area contributed by atoms with Crippen LogP contribution in [-0.2, 0) is 22.6 Å². The number of unbranched alkanes of at least 4 members (excludes halogenated alkanes) is 1. The number of carboxylic acids is 1. The first-order chi connectivity index (χ1) is 21.0. The van der Waals surface area contributed by atoms with E-state index in [4.69, 9.17) is 13.9 Å². The largest absolute Gasteiger partial charge is 0.481 e. The van der Waals surface area contributed by atoms with Crippen LogP contribution in [0.4, 0.5) is 5.69 Å². The minimum Gasteiger partial charge on any atom is -0.481 e. The Hall–Kier alpha value is -3.89. The second-order valence-electron chi connectivity index (χ2n) is 13.0. The van der Waals surface area contributed by atoms with Crippen LogP contribution in [-0.4, -0.2) is 85.0 Å². The topological polar surface area (TPSA) is 105 Å². The van der Waals surface area contributed by atoms with Crippen molar-refractivity contribution in [3.63, 3.8) is 0 Å². The number of oxazole rings is 1. The van der Waals surface area contributed by atoms with Gasteiger partial charge in [0.25, 0.3) is 0 Å². The average Bonchev–Trinajstić information content (AvgIpc) is 3.69. The van der Waals surface area contributed by atoms with E-state index in [0.29, 0.717) is 49.1 Å². The number of amides is 1. The number of carbonyl (C=O) groups is 2. The highest BCUT2D eigenvalue weighted by Gasteiger charge is 2.47. The maximum Gasteiger partial charge on any atom is 0.308 e. The molecule has 3 heterocycles. The number of anilines is 1. The first-order valence-corrected chi connectivity index (χ1v) is 15.5. The third-order valence-electron chi connectivity index (χ3n) is 8.44. The Balaban J connectivity index is 1.43. The van der Waals surface area contributed by atoms with Crippen LogP contribution in [0.2, 0.25) is 0 Å². The molecule has 10 nitrogen and oxygen atoms in total. The highest BCUT2D eigenvalue weighted by molar-refractivity contribution is 5.95. The van der Waals surface area contributed by atoms with Crippen LogP contribution >= 0.6 is 0 Å². The number of benzene rings is 2. The van der Waals surface area contributed by atoms with Crippen molar-refractivity contribution in [2.24, 2.45) is 5.92 Å². The summed E-state index contributed by atoms with van der Waals surface area (Å²) in [5, 5.41) is 10.6. The number of fused-ring (bicyclic) bond motifs is 1. The van der Waals surface area contributed by atoms with Crippen LogP contribution in [0, 0.1) is 12.8 Å². The van der Waals surface area contributed by atoms with Gasteiger partial charge in [0, 0.05) is 42.7 Å². The van der Waals surface area contributed by atoms with Crippen molar-refractivity contribution in [1.82, 2.24) is 9.88 Å². The van der Waals surface area contributed by atoms with Gasteiger partial charge in [-0.25, -0.2) is 4.98 Å². The Morgan fingerprint density at radius 2 is 1.91 bits per heavy atom. The summed E-state index contributed by atoms with van der Waals surface area (Å²) in [4.78, 5) is 35.3. The summed E-state index contributed by atoms with van der Waals surface area (Å²) in [6.07, 6.45) is 4.48. The lowest BCUT2D eigenvalue weighted by Crippen LogP contribution is -2.44. The quantitative estimate of drug-likeness (QED) is 0.276. The van der Waals surface area contributed by atoms with E-state index >= 15 is 0 Å². The first kappa shape index (κ1) is 31.5. The molecule has 0 bridgehead atoms. The van der Waals surface area contributed by atoms with E-state index < -0.39 is 17.9 Å². The molecule has 0 radical (unpaired) electrons. The first-order valence-electron chi connectivity index (χ1n) is 15.5. The molecule has 1 amide bonds. The third kappa shape index (κ3) is 7.42. The van der Waals surface area contributed by atoms with Crippen molar-refractivity contribution in [1.29, 1.82) is 0 Å². The number of hydrogen-bond donors (Lipinski definition) is 1. The minimum atomic E-state index is -0.882. The fourth-order valence-corrected chi connectivity index (χ4v) is 6.47. The summed E-state index contributed by atoms with van der Waals surface area (Å²) >= 11 is 0. The summed E-state index contributed by atoms with van der Waals surface area (Å²) in [6, 6.07) is 13.5. The zero-order chi connectivity index (χ0) is 31.4. The monoisotopic (exact) mass is 605 g/mol. The van der Waals surface area contributed by atoms with E-state index in [9.17, 15) is 14.7 Å². The number of nitrogens with zero attached hydrogens (tertiary/aromatic N) is 4. The molecule has 3 aromatic rings. The molecule has 44 heavy (non-hydrogen) atoms. The predicted octanol–water partition coefficient (Wildman–Crippen LogP) is 4.85. The molecule has 5 rings (SSSR count). The van der Waals surface area contributed by atoms with Crippen molar-refractivity contribution in [3.8, 4) is 11.5 Å². The highest BCUT2D eigenvalue weighted by atomic mass is 16.7. The summed E-state index contributed by atoms with van der Waals surface area (Å²) < 4.78 is 17.6. The molecule has 0 spiro atoms. The van der Waals surface area contributed by atoms with E-state index in [1.54, 1.807) is 6.20 Å². The van der Waals surface area contributed by atoms with Crippen LogP contribution < -0.4 is 14.4 Å². The number of aromatic nitrogens is 1. The van der Waals surface area contributed by atoms with Crippen LogP contribution in [0.5, 0.6) is 11.5 Å². The molecule has 2 aliphatic heterocycles. The summed E-state index contributed by atoms with van der Waals surface area (Å²) in [5.41, 5.74) is 2.91. The van der Waals surface area contributed by atoms with Gasteiger partial charge in [-0.1, -0.05) is 31.5 Å². The molecular weight excluding hydrogens is 560 g/mol. The fourth-order valence-electron chi connectivity index (χ4n) is 6.47. The second kappa shape index (κ2) is 13.4. The normalized spacial score (nSPS) is 19.8. The lowest BCUT2D eigenvalue weighted by Gasteiger charge is -2.30. The van der Waals surface area contributed by atoms with Gasteiger partial charge >= 0.3 is 5.97 Å². The average molecular weight is 606 g/mol. The van der Waals surface area contributed by atoms with E-state index in [0.717, 1.165) is 35.1 Å². The molecular formula is C34H45N4O6+. The van der Waals surface area contributed by atoms with Crippen LogP contribution in [0.3, 0.4) is 0 Å². The minimum absolute atomic E-state index is 0.0340. The third-order valence-corrected chi connectivity index (χ3v) is 8.44. The van der Waals surface area contributed by atoms with Gasteiger partial charge in [0.2, 0.25) is 12.7 Å². The predicted molar refractivity (Wildman–Crippen MR) is 167 cm³/mol. The number of hydrogen-bond acceptors (Lipinski definition) is 7. The van der Waals surface area contributed by atoms with E-state index in [1.165, 1.54) is 5.56 Å². The molecule has 0 aliphatic carbocycles. The number of carbonyl (C=O) groups excluding carboxylic acids is 1. The van der Waals surface area contributed by atoms with Crippen molar-refractivity contribution < 1.29 is 33.1 Å². The molecule has 1 N–H and O–H groups in total. The SMILES string of the molecule is CCCCN(C(=O)CN1CC(c2ccc3c(c2)OCO3)C(C(=O)O)C1CCc1ncc(C)o1)c1cccc(C[N+](C)(C)C)c1. The Bertz CT molecular complexity index is 1460. The number of aryl methyl sites for hydroxylation is 2. The summed E-state index contributed by atoms with van der Waals surface area (Å²) in [5.74, 6) is 0.584. The lowest BCUT2D eigenvalue weighted by molar-refractivity contribution is -0.884. The molecule has 0 saturated carbocycles. The molecule has 3 unspecified atom stereocenters. The van der Waals surface area contributed by atoms with Gasteiger partial charge in [-0.3, -0.25) is 14.5 Å². The van der Waals surface area contributed by atoms with Crippen molar-refractivity contribution in [3.05, 3.63) is 71.4 Å². The van der Waals surface area contributed by atoms with Crippen LogP contribution in [0.15, 0.2) is 53.1 Å². The van der Waals surface area contributed by atoms with E-state index in [-0.39, 0.29) is 25.2 Å². The number of aliphatic carboxylic acids is 1. The number of likely N-dealkylation sites (tertiary alicyclic amines) is 1. The van der Waals surface area contributed by atoms with Crippen molar-refractivity contribution >= 4 is 17.6 Å². The molecule has 1 fully saturated rings. The van der Waals surface area contributed by atoms with Gasteiger partial charge in [0.1, 0.15) is 12.3 Å². The fraction of sp³-hybridized carbons (Fsp3) is 0.500. The van der Waals surface area contributed by atoms with Gasteiger partial charge in [0.15, 0.2) is 17.4 Å². The molecule has 2 aliphatic rings. The maximum absolute atomic E-state index is 14.2. The van der Waals surface area contributed by atoms with E-state index in [2.05, 4.69) is 50.1 Å². The standard InChI is InChI=1S/C34H44N4O6/c1-6-7-15-37(26-10-8-9-24(16-26)21-38(3,4)5)32(39)20-36-19-27(25-11-13-29-30(17-25)43-22-42-29)33(34(40)41)28(36)12-14-31-35-18-23(2)44-31/h8-11,13,16-18,27-28,33H,6-7,12,14-15,19-22H2,1-5H3/p+1. The second-order valence-corrected chi connectivity index (χ2v) is 13.0. The number of quaternary nitrogens is 1.